The van der Waals surface area contributed by atoms with Crippen molar-refractivity contribution < 1.29 is 18.3 Å². The topological polar surface area (TPSA) is 56.3 Å². The number of hydrogen-bond donors (Lipinski definition) is 2. The van der Waals surface area contributed by atoms with E-state index in [2.05, 4.69) is 4.98 Å². The molecule has 2 heterocycles. The van der Waals surface area contributed by atoms with Crippen molar-refractivity contribution >= 4 is 16.6 Å². The van der Waals surface area contributed by atoms with E-state index in [4.69, 9.17) is 0 Å². The molecule has 3 rings (SSSR count). The van der Waals surface area contributed by atoms with E-state index in [1.54, 1.807) is 6.07 Å². The summed E-state index contributed by atoms with van der Waals surface area (Å²) >= 11 is 0. The molecule has 0 spiro atoms. The number of H-pyrrole nitrogens is 1. The van der Waals surface area contributed by atoms with E-state index in [9.17, 15) is 23.1 Å². The lowest BCUT2D eigenvalue weighted by molar-refractivity contribution is -0.136. The Labute approximate surface area is 143 Å². The summed E-state index contributed by atoms with van der Waals surface area (Å²) < 4.78 is 40.0. The van der Waals surface area contributed by atoms with E-state index in [0.717, 1.165) is 12.8 Å². The first-order chi connectivity index (χ1) is 11.7. The van der Waals surface area contributed by atoms with Crippen molar-refractivity contribution in [3.63, 3.8) is 0 Å². The second kappa shape index (κ2) is 6.37. The number of fused-ring (bicyclic) bond motifs is 1. The molecule has 136 valence electrons. The van der Waals surface area contributed by atoms with Gasteiger partial charge in [0.2, 0.25) is 5.56 Å². The molecule has 2 N–H and O–H groups in total. The van der Waals surface area contributed by atoms with Gasteiger partial charge in [-0.2, -0.15) is 13.2 Å². The van der Waals surface area contributed by atoms with E-state index in [1.807, 2.05) is 18.7 Å². The van der Waals surface area contributed by atoms with Crippen LogP contribution in [0.4, 0.5) is 18.9 Å². The van der Waals surface area contributed by atoms with Crippen LogP contribution in [0.15, 0.2) is 29.1 Å². The van der Waals surface area contributed by atoms with Gasteiger partial charge in [0.05, 0.1) is 17.7 Å². The van der Waals surface area contributed by atoms with Crippen LogP contribution in [0.2, 0.25) is 0 Å². The zero-order valence-electron chi connectivity index (χ0n) is 14.1. The lowest BCUT2D eigenvalue weighted by atomic mass is 10.0. The molecule has 0 radical (unpaired) electrons. The monoisotopic (exact) mass is 354 g/mol. The molecule has 1 aromatic heterocycles. The predicted molar refractivity (Wildman–Crippen MR) is 90.8 cm³/mol. The standard InChI is InChI=1S/C18H21F3N2O2/c1-3-16(24)15-7-4-10(2)23(15)11-5-6-14-12(8-11)13(18(19,20)21)9-17(25)22-14/h5-6,8-10,15-16,24H,3-4,7H2,1-2H3,(H,22,25)/t10-,15?,16-/m1/s1. The number of aliphatic hydroxyl groups is 1. The molecule has 1 aliphatic heterocycles. The first kappa shape index (κ1) is 17.8. The summed E-state index contributed by atoms with van der Waals surface area (Å²) in [4.78, 5) is 16.0. The van der Waals surface area contributed by atoms with Gasteiger partial charge < -0.3 is 15.0 Å². The number of pyridine rings is 1. The van der Waals surface area contributed by atoms with E-state index in [-0.39, 0.29) is 23.0 Å². The highest BCUT2D eigenvalue weighted by Crippen LogP contribution is 2.38. The molecular weight excluding hydrogens is 333 g/mol. The van der Waals surface area contributed by atoms with Crippen LogP contribution < -0.4 is 10.5 Å². The van der Waals surface area contributed by atoms with Gasteiger partial charge in [-0.15, -0.1) is 0 Å². The highest BCUT2D eigenvalue weighted by molar-refractivity contribution is 5.86. The van der Waals surface area contributed by atoms with Gasteiger partial charge >= 0.3 is 6.18 Å². The van der Waals surface area contributed by atoms with Gasteiger partial charge in [-0.1, -0.05) is 6.92 Å². The number of aromatic amines is 1. The second-order valence-corrected chi connectivity index (χ2v) is 6.65. The third-order valence-corrected chi connectivity index (χ3v) is 5.00. The van der Waals surface area contributed by atoms with Crippen LogP contribution in [-0.2, 0) is 6.18 Å². The molecule has 4 nitrogen and oxygen atoms in total. The lowest BCUT2D eigenvalue weighted by Crippen LogP contribution is -2.42. The molecule has 2 aromatic rings. The van der Waals surface area contributed by atoms with Crippen LogP contribution in [0.25, 0.3) is 10.9 Å². The van der Waals surface area contributed by atoms with E-state index in [1.165, 1.54) is 12.1 Å². The van der Waals surface area contributed by atoms with Crippen molar-refractivity contribution in [1.82, 2.24) is 4.98 Å². The number of nitrogens with zero attached hydrogens (tertiary/aromatic N) is 1. The molecule has 7 heteroatoms. The quantitative estimate of drug-likeness (QED) is 0.884. The maximum Gasteiger partial charge on any atom is 0.417 e. The summed E-state index contributed by atoms with van der Waals surface area (Å²) in [7, 11) is 0. The molecule has 1 unspecified atom stereocenters. The molecule has 1 fully saturated rings. The van der Waals surface area contributed by atoms with Crippen molar-refractivity contribution in [3.8, 4) is 0 Å². The molecule has 25 heavy (non-hydrogen) atoms. The van der Waals surface area contributed by atoms with Crippen LogP contribution in [0.5, 0.6) is 0 Å². The summed E-state index contributed by atoms with van der Waals surface area (Å²) in [5, 5.41) is 10.2. The maximum atomic E-state index is 13.3. The van der Waals surface area contributed by atoms with Gasteiger partial charge in [-0.05, 0) is 44.4 Å². The van der Waals surface area contributed by atoms with Crippen LogP contribution in [0.1, 0.15) is 38.7 Å². The van der Waals surface area contributed by atoms with E-state index < -0.39 is 23.4 Å². The molecule has 0 amide bonds. The zero-order chi connectivity index (χ0) is 18.4. The normalized spacial score (nSPS) is 22.6. The summed E-state index contributed by atoms with van der Waals surface area (Å²) in [5.74, 6) is 0. The minimum Gasteiger partial charge on any atom is -0.391 e. The fraction of sp³-hybridized carbons (Fsp3) is 0.500. The number of nitrogens with one attached hydrogen (secondary N) is 1. The Bertz CT molecular complexity index is 831. The van der Waals surface area contributed by atoms with E-state index in [0.29, 0.717) is 18.2 Å². The smallest absolute Gasteiger partial charge is 0.391 e. The largest absolute Gasteiger partial charge is 0.417 e. The summed E-state index contributed by atoms with van der Waals surface area (Å²) in [5.41, 5.74) is -0.926. The minimum absolute atomic E-state index is 0.0339. The Hall–Kier alpha value is -2.02. The highest BCUT2D eigenvalue weighted by atomic mass is 19.4. The average molecular weight is 354 g/mol. The van der Waals surface area contributed by atoms with Crippen molar-refractivity contribution in [2.45, 2.75) is 57.5 Å². The van der Waals surface area contributed by atoms with Crippen LogP contribution >= 0.6 is 0 Å². The van der Waals surface area contributed by atoms with Crippen molar-refractivity contribution in [1.29, 1.82) is 0 Å². The van der Waals surface area contributed by atoms with Gasteiger partial charge in [0, 0.05) is 28.7 Å². The third-order valence-electron chi connectivity index (χ3n) is 5.00. The fourth-order valence-electron chi connectivity index (χ4n) is 3.75. The van der Waals surface area contributed by atoms with Crippen LogP contribution in [0.3, 0.4) is 0 Å². The minimum atomic E-state index is -4.61. The average Bonchev–Trinajstić information content (AvgIpc) is 2.93. The van der Waals surface area contributed by atoms with Gasteiger partial charge in [0.15, 0.2) is 0 Å². The number of hydrogen-bond acceptors (Lipinski definition) is 3. The first-order valence-corrected chi connectivity index (χ1v) is 8.43. The zero-order valence-corrected chi connectivity index (χ0v) is 14.1. The number of aromatic nitrogens is 1. The first-order valence-electron chi connectivity index (χ1n) is 8.43. The van der Waals surface area contributed by atoms with E-state index >= 15 is 0 Å². The van der Waals surface area contributed by atoms with Gasteiger partial charge in [0.25, 0.3) is 0 Å². The number of aliphatic hydroxyl groups excluding tert-OH is 1. The lowest BCUT2D eigenvalue weighted by Gasteiger charge is -2.33. The summed E-state index contributed by atoms with van der Waals surface area (Å²) in [6.45, 7) is 3.89. The third kappa shape index (κ3) is 3.25. The molecule has 1 saturated heterocycles. The van der Waals surface area contributed by atoms with Gasteiger partial charge in [-0.3, -0.25) is 4.79 Å². The Kier molecular flexibility index (Phi) is 4.53. The highest BCUT2D eigenvalue weighted by Gasteiger charge is 2.36. The summed E-state index contributed by atoms with van der Waals surface area (Å²) in [6.07, 6.45) is -2.88. The molecule has 1 aromatic carbocycles. The summed E-state index contributed by atoms with van der Waals surface area (Å²) in [6, 6.07) is 5.27. The second-order valence-electron chi connectivity index (χ2n) is 6.65. The molecule has 0 saturated carbocycles. The maximum absolute atomic E-state index is 13.3. The van der Waals surface area contributed by atoms with Crippen LogP contribution in [0, 0.1) is 0 Å². The molecule has 3 atom stereocenters. The van der Waals surface area contributed by atoms with Crippen molar-refractivity contribution in [2.75, 3.05) is 4.90 Å². The Balaban J connectivity index is 2.15. The van der Waals surface area contributed by atoms with Crippen LogP contribution in [-0.4, -0.2) is 28.3 Å². The van der Waals surface area contributed by atoms with Gasteiger partial charge in [-0.25, -0.2) is 0 Å². The van der Waals surface area contributed by atoms with Gasteiger partial charge in [0.1, 0.15) is 0 Å². The van der Waals surface area contributed by atoms with Crippen molar-refractivity contribution in [3.05, 3.63) is 40.2 Å². The number of rotatable bonds is 3. The molecule has 0 bridgehead atoms. The number of halogens is 3. The number of alkyl halides is 3. The Morgan fingerprint density at radius 1 is 1.32 bits per heavy atom. The number of anilines is 1. The number of benzene rings is 1. The SMILES string of the molecule is CC[C@@H](O)C1CC[C@@H](C)N1c1ccc2[nH]c(=O)cc(C(F)(F)F)c2c1. The molecule has 1 aliphatic rings. The molecular formula is C18H21F3N2O2. The predicted octanol–water partition coefficient (Wildman–Crippen LogP) is 3.68. The Morgan fingerprint density at radius 2 is 2.04 bits per heavy atom. The fourth-order valence-corrected chi connectivity index (χ4v) is 3.75. The van der Waals surface area contributed by atoms with Crippen molar-refractivity contribution in [2.24, 2.45) is 0 Å². The Morgan fingerprint density at radius 3 is 2.68 bits per heavy atom. The molecule has 0 aliphatic carbocycles.